The lowest BCUT2D eigenvalue weighted by molar-refractivity contribution is -0.274. The molecule has 2 aromatic heterocycles. The number of benzene rings is 1. The fourth-order valence-corrected chi connectivity index (χ4v) is 3.15. The molecule has 0 fully saturated rings. The van der Waals surface area contributed by atoms with Crippen LogP contribution in [-0.4, -0.2) is 22.2 Å². The number of aromatic nitrogens is 2. The molecule has 4 rings (SSSR count). The number of alkyl halides is 3. The Morgan fingerprint density at radius 2 is 1.82 bits per heavy atom. The van der Waals surface area contributed by atoms with E-state index in [0.717, 1.165) is 10.7 Å². The molecule has 0 amide bonds. The molecule has 144 valence electrons. The third-order valence-electron chi connectivity index (χ3n) is 3.75. The molecular weight excluding hydrogens is 395 g/mol. The van der Waals surface area contributed by atoms with Gasteiger partial charge in [-0.05, 0) is 29.8 Å². The Morgan fingerprint density at radius 3 is 2.46 bits per heavy atom. The average molecular weight is 407 g/mol. The number of rotatable bonds is 4. The van der Waals surface area contributed by atoms with Crippen molar-refractivity contribution in [3.8, 4) is 22.2 Å². The van der Waals surface area contributed by atoms with Crippen LogP contribution in [0.5, 0.6) is 11.5 Å². The Kier molecular flexibility index (Phi) is 4.86. The molecular formula is C18H12F3N3O3S. The van der Waals surface area contributed by atoms with Crippen LogP contribution in [0.25, 0.3) is 10.7 Å². The second-order valence-corrected chi connectivity index (χ2v) is 6.61. The van der Waals surface area contributed by atoms with E-state index >= 15 is 0 Å². The molecule has 0 aliphatic carbocycles. The van der Waals surface area contributed by atoms with Crippen molar-refractivity contribution in [3.05, 3.63) is 59.7 Å². The van der Waals surface area contributed by atoms with Gasteiger partial charge in [0, 0.05) is 11.6 Å². The number of hydrogen-bond acceptors (Lipinski definition) is 7. The first-order valence-electron chi connectivity index (χ1n) is 8.08. The van der Waals surface area contributed by atoms with E-state index in [1.165, 1.54) is 35.6 Å². The second-order valence-electron chi connectivity index (χ2n) is 5.72. The summed E-state index contributed by atoms with van der Waals surface area (Å²) in [7, 11) is 0. The predicted molar refractivity (Wildman–Crippen MR) is 95.0 cm³/mol. The zero-order valence-electron chi connectivity index (χ0n) is 14.1. The van der Waals surface area contributed by atoms with Crippen LogP contribution in [0.3, 0.4) is 0 Å². The fourth-order valence-electron chi connectivity index (χ4n) is 2.53. The summed E-state index contributed by atoms with van der Waals surface area (Å²) in [6, 6.07) is 8.99. The Labute approximate surface area is 161 Å². The molecule has 10 heteroatoms. The Morgan fingerprint density at radius 1 is 1.04 bits per heavy atom. The summed E-state index contributed by atoms with van der Waals surface area (Å²) in [6.07, 6.45) is -1.56. The van der Waals surface area contributed by atoms with E-state index in [-0.39, 0.29) is 5.75 Å². The van der Waals surface area contributed by atoms with Crippen molar-refractivity contribution in [1.82, 2.24) is 9.97 Å². The maximum Gasteiger partial charge on any atom is 0.573 e. The lowest BCUT2D eigenvalue weighted by atomic mass is 10.1. The summed E-state index contributed by atoms with van der Waals surface area (Å²) in [6.45, 7) is 0. The SMILES string of the molecule is FC(F)(F)Oc1ccc([C@@H]2CC(Oc3ccc(-c4nccs4)nc3)=NO2)cc1. The molecule has 0 saturated carbocycles. The van der Waals surface area contributed by atoms with Crippen LogP contribution >= 0.6 is 11.3 Å². The van der Waals surface area contributed by atoms with Crippen LogP contribution in [-0.2, 0) is 4.84 Å². The number of thiazole rings is 1. The number of halogens is 3. The summed E-state index contributed by atoms with van der Waals surface area (Å²) < 4.78 is 46.2. The summed E-state index contributed by atoms with van der Waals surface area (Å²) in [4.78, 5) is 13.8. The van der Waals surface area contributed by atoms with Gasteiger partial charge in [-0.3, -0.25) is 0 Å². The lowest BCUT2D eigenvalue weighted by Gasteiger charge is -2.11. The largest absolute Gasteiger partial charge is 0.573 e. The zero-order valence-corrected chi connectivity index (χ0v) is 14.9. The Bertz CT molecular complexity index is 958. The highest BCUT2D eigenvalue weighted by Crippen LogP contribution is 2.31. The Hall–Kier alpha value is -3.14. The molecule has 28 heavy (non-hydrogen) atoms. The average Bonchev–Trinajstić information content (AvgIpc) is 3.34. The molecule has 0 unspecified atom stereocenters. The quantitative estimate of drug-likeness (QED) is 0.612. The fraction of sp³-hybridized carbons (Fsp3) is 0.167. The van der Waals surface area contributed by atoms with Crippen LogP contribution < -0.4 is 9.47 Å². The third-order valence-corrected chi connectivity index (χ3v) is 4.55. The standard InChI is InChI=1S/C18H12F3N3O3S/c19-18(20,21)26-12-3-1-11(2-4-12)15-9-16(24-27-15)25-13-5-6-14(23-10-13)17-22-7-8-28-17/h1-8,10,15H,9H2/t15-/m0/s1. The first-order valence-corrected chi connectivity index (χ1v) is 8.96. The van der Waals surface area contributed by atoms with E-state index in [2.05, 4.69) is 19.9 Å². The second kappa shape index (κ2) is 7.47. The van der Waals surface area contributed by atoms with Gasteiger partial charge in [0.15, 0.2) is 6.10 Å². The van der Waals surface area contributed by atoms with Crippen LogP contribution in [0.2, 0.25) is 0 Å². The van der Waals surface area contributed by atoms with Crippen molar-refractivity contribution in [2.24, 2.45) is 5.16 Å². The summed E-state index contributed by atoms with van der Waals surface area (Å²) in [5.41, 5.74) is 1.40. The van der Waals surface area contributed by atoms with E-state index in [0.29, 0.717) is 23.6 Å². The molecule has 0 N–H and O–H groups in total. The molecule has 0 saturated heterocycles. The molecule has 0 bridgehead atoms. The molecule has 1 aromatic carbocycles. The molecule has 3 heterocycles. The van der Waals surface area contributed by atoms with Gasteiger partial charge in [0.1, 0.15) is 16.5 Å². The highest BCUT2D eigenvalue weighted by atomic mass is 32.1. The highest BCUT2D eigenvalue weighted by Gasteiger charge is 2.31. The monoisotopic (exact) mass is 407 g/mol. The molecule has 0 radical (unpaired) electrons. The first-order chi connectivity index (χ1) is 13.5. The van der Waals surface area contributed by atoms with E-state index in [9.17, 15) is 13.2 Å². The minimum absolute atomic E-state index is 0.293. The Balaban J connectivity index is 1.35. The van der Waals surface area contributed by atoms with Gasteiger partial charge in [-0.2, -0.15) is 0 Å². The summed E-state index contributed by atoms with van der Waals surface area (Å²) >= 11 is 1.49. The number of ether oxygens (including phenoxy) is 2. The molecule has 1 atom stereocenters. The van der Waals surface area contributed by atoms with Gasteiger partial charge >= 0.3 is 6.36 Å². The normalized spacial score (nSPS) is 16.4. The van der Waals surface area contributed by atoms with Crippen molar-refractivity contribution in [1.29, 1.82) is 0 Å². The van der Waals surface area contributed by atoms with Gasteiger partial charge in [0.05, 0.1) is 18.3 Å². The third kappa shape index (κ3) is 4.39. The van der Waals surface area contributed by atoms with Gasteiger partial charge in [-0.1, -0.05) is 17.3 Å². The maximum absolute atomic E-state index is 12.2. The maximum atomic E-state index is 12.2. The van der Waals surface area contributed by atoms with Gasteiger partial charge in [0.25, 0.3) is 0 Å². The minimum Gasteiger partial charge on any atom is -0.438 e. The van der Waals surface area contributed by atoms with E-state index in [4.69, 9.17) is 9.57 Å². The van der Waals surface area contributed by atoms with E-state index in [1.54, 1.807) is 24.5 Å². The van der Waals surface area contributed by atoms with Crippen molar-refractivity contribution < 1.29 is 27.5 Å². The summed E-state index contributed by atoms with van der Waals surface area (Å²) in [5, 5.41) is 6.57. The molecule has 0 spiro atoms. The minimum atomic E-state index is -4.72. The van der Waals surface area contributed by atoms with Crippen LogP contribution in [0, 0.1) is 0 Å². The van der Waals surface area contributed by atoms with Crippen molar-refractivity contribution in [2.45, 2.75) is 18.9 Å². The van der Waals surface area contributed by atoms with Crippen molar-refractivity contribution in [3.63, 3.8) is 0 Å². The van der Waals surface area contributed by atoms with Crippen molar-refractivity contribution >= 4 is 17.2 Å². The number of oxime groups is 1. The van der Waals surface area contributed by atoms with Gasteiger partial charge in [0.2, 0.25) is 5.90 Å². The van der Waals surface area contributed by atoms with Crippen LogP contribution in [0.15, 0.2) is 59.3 Å². The van der Waals surface area contributed by atoms with Gasteiger partial charge < -0.3 is 14.3 Å². The van der Waals surface area contributed by atoms with Crippen LogP contribution in [0.1, 0.15) is 18.1 Å². The van der Waals surface area contributed by atoms with Gasteiger partial charge in [-0.15, -0.1) is 24.5 Å². The smallest absolute Gasteiger partial charge is 0.438 e. The summed E-state index contributed by atoms with van der Waals surface area (Å²) in [5.74, 6) is 0.555. The molecule has 6 nitrogen and oxygen atoms in total. The highest BCUT2D eigenvalue weighted by molar-refractivity contribution is 7.13. The molecule has 1 aliphatic heterocycles. The number of hydrogen-bond donors (Lipinski definition) is 0. The van der Waals surface area contributed by atoms with E-state index in [1.807, 2.05) is 5.38 Å². The zero-order chi connectivity index (χ0) is 19.6. The topological polar surface area (TPSA) is 65.8 Å². The number of pyridine rings is 1. The van der Waals surface area contributed by atoms with E-state index < -0.39 is 12.5 Å². The number of nitrogens with zero attached hydrogens (tertiary/aromatic N) is 3. The molecule has 1 aliphatic rings. The molecule has 3 aromatic rings. The van der Waals surface area contributed by atoms with Gasteiger partial charge in [-0.25, -0.2) is 9.97 Å². The lowest BCUT2D eigenvalue weighted by Crippen LogP contribution is -2.17. The van der Waals surface area contributed by atoms with Crippen LogP contribution in [0.4, 0.5) is 13.2 Å². The van der Waals surface area contributed by atoms with Crippen molar-refractivity contribution in [2.75, 3.05) is 0 Å². The first kappa shape index (κ1) is 18.2. The predicted octanol–water partition coefficient (Wildman–Crippen LogP) is 4.96.